The molecule has 0 unspecified atom stereocenters. The summed E-state index contributed by atoms with van der Waals surface area (Å²) in [5, 5.41) is 23.6. The summed E-state index contributed by atoms with van der Waals surface area (Å²) in [4.78, 5) is 23.6. The van der Waals surface area contributed by atoms with Crippen LogP contribution in [-0.2, 0) is 4.79 Å². The van der Waals surface area contributed by atoms with Gasteiger partial charge in [0.05, 0.1) is 22.2 Å². The predicted molar refractivity (Wildman–Crippen MR) is 114 cm³/mol. The number of fused-ring (bicyclic) bond motifs is 1. The molecule has 0 saturated heterocycles. The molecule has 0 aliphatic carbocycles. The van der Waals surface area contributed by atoms with Gasteiger partial charge in [-0.05, 0) is 36.4 Å². The van der Waals surface area contributed by atoms with Crippen LogP contribution in [0.15, 0.2) is 72.3 Å². The maximum Gasteiger partial charge on any atom is 0.280 e. The van der Waals surface area contributed by atoms with E-state index in [-0.39, 0.29) is 29.4 Å². The van der Waals surface area contributed by atoms with E-state index in [0.717, 1.165) is 6.08 Å². The van der Waals surface area contributed by atoms with Crippen molar-refractivity contribution < 1.29 is 23.9 Å². The number of para-hydroxylation sites is 3. The van der Waals surface area contributed by atoms with E-state index in [9.17, 15) is 20.2 Å². The van der Waals surface area contributed by atoms with E-state index in [1.54, 1.807) is 42.5 Å². The number of rotatable bonds is 6. The molecule has 1 amide bonds. The fourth-order valence-electron chi connectivity index (χ4n) is 2.99. The van der Waals surface area contributed by atoms with Gasteiger partial charge in [0.2, 0.25) is 6.79 Å². The van der Waals surface area contributed by atoms with E-state index in [1.807, 2.05) is 18.2 Å². The minimum absolute atomic E-state index is 0.0415. The van der Waals surface area contributed by atoms with Crippen molar-refractivity contribution in [1.82, 2.24) is 0 Å². The van der Waals surface area contributed by atoms with Crippen LogP contribution in [0.3, 0.4) is 0 Å². The molecule has 0 saturated carbocycles. The molecule has 4 rings (SSSR count). The molecule has 0 bridgehead atoms. The average Bonchev–Trinajstić information content (AvgIpc) is 3.26. The molecule has 0 fully saturated rings. The predicted octanol–water partition coefficient (Wildman–Crippen LogP) is 4.66. The van der Waals surface area contributed by atoms with Gasteiger partial charge in [0.15, 0.2) is 17.2 Å². The standard InChI is InChI=1S/C23H15N3O6/c24-13-16(10-15-11-21-22(31-14-30-21)12-19(15)26(28)29)23(27)25-18-8-4-5-9-20(18)32-17-6-2-1-3-7-17/h1-12H,14H2,(H,25,27)/b16-10-. The maximum absolute atomic E-state index is 12.8. The van der Waals surface area contributed by atoms with Crippen molar-refractivity contribution >= 4 is 23.4 Å². The highest BCUT2D eigenvalue weighted by Gasteiger charge is 2.24. The van der Waals surface area contributed by atoms with Crippen LogP contribution in [0.2, 0.25) is 0 Å². The lowest BCUT2D eigenvalue weighted by Crippen LogP contribution is -2.14. The third-order valence-electron chi connectivity index (χ3n) is 4.49. The van der Waals surface area contributed by atoms with E-state index in [0.29, 0.717) is 22.9 Å². The summed E-state index contributed by atoms with van der Waals surface area (Å²) in [5.41, 5.74) is -0.272. The number of benzene rings is 3. The Morgan fingerprint density at radius 2 is 1.78 bits per heavy atom. The van der Waals surface area contributed by atoms with Crippen LogP contribution in [0.5, 0.6) is 23.0 Å². The lowest BCUT2D eigenvalue weighted by atomic mass is 10.1. The van der Waals surface area contributed by atoms with Gasteiger partial charge in [-0.15, -0.1) is 0 Å². The fraction of sp³-hybridized carbons (Fsp3) is 0.0435. The van der Waals surface area contributed by atoms with E-state index < -0.39 is 10.8 Å². The molecular formula is C23H15N3O6. The molecule has 0 aromatic heterocycles. The molecule has 0 spiro atoms. The van der Waals surface area contributed by atoms with Gasteiger partial charge >= 0.3 is 0 Å². The van der Waals surface area contributed by atoms with Crippen molar-refractivity contribution in [3.05, 3.63) is 88.0 Å². The summed E-state index contributed by atoms with van der Waals surface area (Å²) in [6.45, 7) is -0.0660. The van der Waals surface area contributed by atoms with Gasteiger partial charge in [-0.2, -0.15) is 5.26 Å². The van der Waals surface area contributed by atoms with Gasteiger partial charge in [-0.1, -0.05) is 30.3 Å². The summed E-state index contributed by atoms with van der Waals surface area (Å²) in [5.74, 6) is 0.716. The van der Waals surface area contributed by atoms with Crippen molar-refractivity contribution in [3.8, 4) is 29.1 Å². The first-order valence-electron chi connectivity index (χ1n) is 9.38. The van der Waals surface area contributed by atoms with Gasteiger partial charge < -0.3 is 19.5 Å². The maximum atomic E-state index is 12.8. The number of carbonyl (C=O) groups is 1. The molecule has 1 aliphatic heterocycles. The number of nitro groups is 1. The molecule has 1 heterocycles. The third kappa shape index (κ3) is 4.34. The van der Waals surface area contributed by atoms with Gasteiger partial charge in [-0.3, -0.25) is 14.9 Å². The minimum atomic E-state index is -0.747. The largest absolute Gasteiger partial charge is 0.455 e. The summed E-state index contributed by atoms with van der Waals surface area (Å²) in [6.07, 6.45) is 1.14. The molecule has 0 atom stereocenters. The third-order valence-corrected chi connectivity index (χ3v) is 4.49. The summed E-state index contributed by atoms with van der Waals surface area (Å²) in [6, 6.07) is 20.1. The molecule has 0 radical (unpaired) electrons. The molecule has 1 N–H and O–H groups in total. The molecule has 3 aromatic carbocycles. The number of anilines is 1. The molecule has 32 heavy (non-hydrogen) atoms. The van der Waals surface area contributed by atoms with Crippen molar-refractivity contribution in [2.24, 2.45) is 0 Å². The number of nitrogens with one attached hydrogen (secondary N) is 1. The van der Waals surface area contributed by atoms with Crippen molar-refractivity contribution in [2.45, 2.75) is 0 Å². The Morgan fingerprint density at radius 3 is 2.50 bits per heavy atom. The summed E-state index contributed by atoms with van der Waals surface area (Å²) >= 11 is 0. The lowest BCUT2D eigenvalue weighted by Gasteiger charge is -2.12. The Balaban J connectivity index is 1.62. The van der Waals surface area contributed by atoms with Crippen LogP contribution in [0.25, 0.3) is 6.08 Å². The fourth-order valence-corrected chi connectivity index (χ4v) is 2.99. The molecule has 158 valence electrons. The first-order valence-corrected chi connectivity index (χ1v) is 9.38. The van der Waals surface area contributed by atoms with E-state index in [1.165, 1.54) is 12.1 Å². The van der Waals surface area contributed by atoms with Crippen LogP contribution in [0.1, 0.15) is 5.56 Å². The minimum Gasteiger partial charge on any atom is -0.455 e. The zero-order chi connectivity index (χ0) is 22.5. The number of hydrogen-bond acceptors (Lipinski definition) is 7. The highest BCUT2D eigenvalue weighted by Crippen LogP contribution is 2.39. The van der Waals surface area contributed by atoms with Crippen LogP contribution < -0.4 is 19.5 Å². The Morgan fingerprint density at radius 1 is 1.09 bits per heavy atom. The van der Waals surface area contributed by atoms with Gasteiger partial charge in [-0.25, -0.2) is 0 Å². The number of amides is 1. The second kappa shape index (κ2) is 8.89. The highest BCUT2D eigenvalue weighted by molar-refractivity contribution is 6.10. The number of ether oxygens (including phenoxy) is 3. The Hall–Kier alpha value is -4.84. The molecule has 9 nitrogen and oxygen atoms in total. The lowest BCUT2D eigenvalue weighted by molar-refractivity contribution is -0.385. The molecule has 1 aliphatic rings. The monoisotopic (exact) mass is 429 g/mol. The van der Waals surface area contributed by atoms with Crippen LogP contribution in [0, 0.1) is 21.4 Å². The summed E-state index contributed by atoms with van der Waals surface area (Å²) in [7, 11) is 0. The second-order valence-corrected chi connectivity index (χ2v) is 6.56. The van der Waals surface area contributed by atoms with Gasteiger partial charge in [0.1, 0.15) is 17.4 Å². The Labute approximate surface area is 182 Å². The zero-order valence-electron chi connectivity index (χ0n) is 16.5. The number of hydrogen-bond donors (Lipinski definition) is 1. The van der Waals surface area contributed by atoms with Crippen molar-refractivity contribution in [3.63, 3.8) is 0 Å². The number of nitriles is 1. The van der Waals surface area contributed by atoms with E-state index >= 15 is 0 Å². The van der Waals surface area contributed by atoms with E-state index in [2.05, 4.69) is 5.32 Å². The first kappa shape index (κ1) is 20.4. The van der Waals surface area contributed by atoms with Crippen LogP contribution in [-0.4, -0.2) is 17.6 Å². The zero-order valence-corrected chi connectivity index (χ0v) is 16.5. The Kier molecular flexibility index (Phi) is 5.68. The number of nitrogens with zero attached hydrogens (tertiary/aromatic N) is 2. The van der Waals surface area contributed by atoms with E-state index in [4.69, 9.17) is 14.2 Å². The second-order valence-electron chi connectivity index (χ2n) is 6.56. The van der Waals surface area contributed by atoms with Crippen LogP contribution in [0.4, 0.5) is 11.4 Å². The molecular weight excluding hydrogens is 414 g/mol. The number of carbonyl (C=O) groups excluding carboxylic acids is 1. The highest BCUT2D eigenvalue weighted by atomic mass is 16.7. The topological polar surface area (TPSA) is 124 Å². The molecule has 3 aromatic rings. The van der Waals surface area contributed by atoms with Crippen molar-refractivity contribution in [2.75, 3.05) is 12.1 Å². The molecule has 9 heteroatoms. The van der Waals surface area contributed by atoms with Gasteiger partial charge in [0.25, 0.3) is 11.6 Å². The quantitative estimate of drug-likeness (QED) is 0.261. The SMILES string of the molecule is N#C/C(=C/c1cc2c(cc1[N+](=O)[O-])OCO2)C(=O)Nc1ccccc1Oc1ccccc1. The van der Waals surface area contributed by atoms with Gasteiger partial charge in [0, 0.05) is 0 Å². The van der Waals surface area contributed by atoms with Crippen LogP contribution >= 0.6 is 0 Å². The number of nitro benzene ring substituents is 1. The smallest absolute Gasteiger partial charge is 0.280 e. The summed E-state index contributed by atoms with van der Waals surface area (Å²) < 4.78 is 16.2. The average molecular weight is 429 g/mol. The normalized spacial score (nSPS) is 12.0. The van der Waals surface area contributed by atoms with Crippen molar-refractivity contribution in [1.29, 1.82) is 5.26 Å². The Bertz CT molecular complexity index is 1260. The first-order chi connectivity index (χ1) is 15.5.